The van der Waals surface area contributed by atoms with Gasteiger partial charge in [-0.15, -0.1) is 0 Å². The number of allylic oxidation sites excluding steroid dienone is 2. The summed E-state index contributed by atoms with van der Waals surface area (Å²) < 4.78 is 11.5. The van der Waals surface area contributed by atoms with E-state index in [0.29, 0.717) is 6.54 Å². The first-order valence-corrected chi connectivity index (χ1v) is 5.94. The van der Waals surface area contributed by atoms with Crippen LogP contribution in [0.4, 0.5) is 0 Å². The van der Waals surface area contributed by atoms with Gasteiger partial charge in [0, 0.05) is 21.5 Å². The normalized spacial score (nSPS) is 20.2. The molecule has 0 fully saturated rings. The highest BCUT2D eigenvalue weighted by Crippen LogP contribution is 2.20. The highest BCUT2D eigenvalue weighted by molar-refractivity contribution is 7.88. The predicted octanol–water partition coefficient (Wildman–Crippen LogP) is 1.54. The van der Waals surface area contributed by atoms with Crippen molar-refractivity contribution >= 4 is 10.8 Å². The first kappa shape index (κ1) is 9.93. The third kappa shape index (κ3) is 3.07. The van der Waals surface area contributed by atoms with Gasteiger partial charge in [-0.05, 0) is 38.6 Å². The van der Waals surface area contributed by atoms with Crippen molar-refractivity contribution in [1.82, 2.24) is 0 Å². The maximum Gasteiger partial charge on any atom is 0.0485 e. The lowest BCUT2D eigenvalue weighted by Crippen LogP contribution is -2.08. The first-order chi connectivity index (χ1) is 5.84. The van der Waals surface area contributed by atoms with Gasteiger partial charge in [-0.25, -0.2) is 0 Å². The number of hydrogen-bond donors (Lipinski definition) is 1. The Labute approximate surface area is 76.7 Å². The van der Waals surface area contributed by atoms with Crippen molar-refractivity contribution in [3.05, 3.63) is 11.0 Å². The van der Waals surface area contributed by atoms with E-state index in [9.17, 15) is 4.21 Å². The van der Waals surface area contributed by atoms with E-state index in [2.05, 4.69) is 6.08 Å². The molecule has 1 aliphatic rings. The third-order valence-corrected chi connectivity index (χ3v) is 3.69. The van der Waals surface area contributed by atoms with Gasteiger partial charge in [0.1, 0.15) is 0 Å². The van der Waals surface area contributed by atoms with Gasteiger partial charge < -0.3 is 5.73 Å². The van der Waals surface area contributed by atoms with Crippen LogP contribution in [0.5, 0.6) is 0 Å². The van der Waals surface area contributed by atoms with Crippen LogP contribution in [0.1, 0.15) is 32.1 Å². The molecule has 0 radical (unpaired) electrons. The van der Waals surface area contributed by atoms with Gasteiger partial charge in [0.15, 0.2) is 0 Å². The summed E-state index contributed by atoms with van der Waals surface area (Å²) in [4.78, 5) is 1.16. The zero-order chi connectivity index (χ0) is 8.81. The van der Waals surface area contributed by atoms with Gasteiger partial charge in [0.25, 0.3) is 0 Å². The van der Waals surface area contributed by atoms with Crippen LogP contribution in [0.3, 0.4) is 0 Å². The van der Waals surface area contributed by atoms with Crippen molar-refractivity contribution in [2.75, 3.05) is 12.3 Å². The molecule has 3 heteroatoms. The van der Waals surface area contributed by atoms with E-state index >= 15 is 0 Å². The molecule has 0 aliphatic heterocycles. The second-order valence-corrected chi connectivity index (χ2v) is 4.73. The van der Waals surface area contributed by atoms with Crippen molar-refractivity contribution in [3.63, 3.8) is 0 Å². The second kappa shape index (κ2) is 5.49. The lowest BCUT2D eigenvalue weighted by Gasteiger charge is -2.11. The van der Waals surface area contributed by atoms with Crippen LogP contribution in [-0.4, -0.2) is 16.5 Å². The van der Waals surface area contributed by atoms with Gasteiger partial charge in [0.2, 0.25) is 0 Å². The molecule has 0 amide bonds. The zero-order valence-corrected chi connectivity index (χ0v) is 8.24. The van der Waals surface area contributed by atoms with E-state index in [1.54, 1.807) is 0 Å². The monoisotopic (exact) mass is 187 g/mol. The van der Waals surface area contributed by atoms with Crippen molar-refractivity contribution in [3.8, 4) is 0 Å². The lowest BCUT2D eigenvalue weighted by molar-refractivity contribution is 0.673. The van der Waals surface area contributed by atoms with E-state index in [0.717, 1.165) is 29.9 Å². The molecule has 70 valence electrons. The fourth-order valence-electron chi connectivity index (χ4n) is 1.36. The van der Waals surface area contributed by atoms with Crippen LogP contribution in [-0.2, 0) is 10.8 Å². The second-order valence-electron chi connectivity index (χ2n) is 3.11. The van der Waals surface area contributed by atoms with Gasteiger partial charge in [-0.3, -0.25) is 4.21 Å². The summed E-state index contributed by atoms with van der Waals surface area (Å²) in [7, 11) is -0.725. The van der Waals surface area contributed by atoms with Gasteiger partial charge in [0.05, 0.1) is 0 Å². The van der Waals surface area contributed by atoms with E-state index in [4.69, 9.17) is 5.73 Å². The SMILES string of the molecule is NCCCS(=O)C1=CCCCC1. The third-order valence-electron chi connectivity index (χ3n) is 2.08. The molecule has 0 aromatic rings. The zero-order valence-electron chi connectivity index (χ0n) is 7.42. The summed E-state index contributed by atoms with van der Waals surface area (Å²) in [5, 5.41) is 0. The quantitative estimate of drug-likeness (QED) is 0.725. The molecule has 1 atom stereocenters. The molecule has 0 saturated heterocycles. The Morgan fingerprint density at radius 3 is 2.92 bits per heavy atom. The van der Waals surface area contributed by atoms with Crippen LogP contribution in [0.25, 0.3) is 0 Å². The van der Waals surface area contributed by atoms with Crippen LogP contribution in [0.2, 0.25) is 0 Å². The van der Waals surface area contributed by atoms with Crippen LogP contribution >= 0.6 is 0 Å². The number of rotatable bonds is 4. The summed E-state index contributed by atoms with van der Waals surface area (Å²) in [5.41, 5.74) is 5.35. The van der Waals surface area contributed by atoms with Gasteiger partial charge in [-0.1, -0.05) is 6.08 Å². The highest BCUT2D eigenvalue weighted by atomic mass is 32.2. The maximum absolute atomic E-state index is 11.5. The molecule has 0 aromatic heterocycles. The lowest BCUT2D eigenvalue weighted by atomic mass is 10.1. The average Bonchev–Trinajstić information content (AvgIpc) is 2.15. The van der Waals surface area contributed by atoms with Crippen molar-refractivity contribution in [2.24, 2.45) is 5.73 Å². The molecule has 0 bridgehead atoms. The van der Waals surface area contributed by atoms with E-state index in [-0.39, 0.29) is 0 Å². The molecule has 1 rings (SSSR count). The van der Waals surface area contributed by atoms with Crippen molar-refractivity contribution in [2.45, 2.75) is 32.1 Å². The number of nitrogens with two attached hydrogens (primary N) is 1. The molecule has 0 aromatic carbocycles. The van der Waals surface area contributed by atoms with Crippen LogP contribution in [0, 0.1) is 0 Å². The van der Waals surface area contributed by atoms with Crippen LogP contribution in [0.15, 0.2) is 11.0 Å². The molecule has 0 heterocycles. The molecule has 2 nitrogen and oxygen atoms in total. The molecule has 0 saturated carbocycles. The van der Waals surface area contributed by atoms with E-state index < -0.39 is 10.8 Å². The Morgan fingerprint density at radius 2 is 2.33 bits per heavy atom. The maximum atomic E-state index is 11.5. The minimum Gasteiger partial charge on any atom is -0.330 e. The fraction of sp³-hybridized carbons (Fsp3) is 0.778. The van der Waals surface area contributed by atoms with Gasteiger partial charge >= 0.3 is 0 Å². The molecule has 2 N–H and O–H groups in total. The molecular weight excluding hydrogens is 170 g/mol. The standard InChI is InChI=1S/C9H17NOS/c10-7-4-8-12(11)9-5-2-1-3-6-9/h5H,1-4,6-8,10H2. The Bertz CT molecular complexity index is 189. The Morgan fingerprint density at radius 1 is 1.50 bits per heavy atom. The molecule has 1 aliphatic carbocycles. The Balaban J connectivity index is 2.35. The van der Waals surface area contributed by atoms with Crippen molar-refractivity contribution < 1.29 is 4.21 Å². The first-order valence-electron chi connectivity index (χ1n) is 4.62. The van der Waals surface area contributed by atoms with Crippen molar-refractivity contribution in [1.29, 1.82) is 0 Å². The summed E-state index contributed by atoms with van der Waals surface area (Å²) >= 11 is 0. The molecule has 12 heavy (non-hydrogen) atoms. The summed E-state index contributed by atoms with van der Waals surface area (Å²) in [6.45, 7) is 0.652. The summed E-state index contributed by atoms with van der Waals surface area (Å²) in [6, 6.07) is 0. The average molecular weight is 187 g/mol. The van der Waals surface area contributed by atoms with E-state index in [1.807, 2.05) is 0 Å². The minimum atomic E-state index is -0.725. The van der Waals surface area contributed by atoms with Gasteiger partial charge in [-0.2, -0.15) is 0 Å². The largest absolute Gasteiger partial charge is 0.330 e. The highest BCUT2D eigenvalue weighted by Gasteiger charge is 2.09. The number of hydrogen-bond acceptors (Lipinski definition) is 2. The van der Waals surface area contributed by atoms with Crippen LogP contribution < -0.4 is 5.73 Å². The molecule has 0 spiro atoms. The topological polar surface area (TPSA) is 43.1 Å². The summed E-state index contributed by atoms with van der Waals surface area (Å²) in [5.74, 6) is 0.752. The Hall–Kier alpha value is -0.150. The predicted molar refractivity (Wildman–Crippen MR) is 53.2 cm³/mol. The minimum absolute atomic E-state index is 0.652. The molecular formula is C9H17NOS. The smallest absolute Gasteiger partial charge is 0.0485 e. The molecule has 1 unspecified atom stereocenters. The Kier molecular flexibility index (Phi) is 4.54. The van der Waals surface area contributed by atoms with E-state index in [1.165, 1.54) is 12.8 Å². The summed E-state index contributed by atoms with van der Waals surface area (Å²) in [6.07, 6.45) is 7.65. The fourth-order valence-corrected chi connectivity index (χ4v) is 2.73.